The van der Waals surface area contributed by atoms with Crippen LogP contribution < -0.4 is 0 Å². The number of fused-ring (bicyclic) bond motifs is 3. The summed E-state index contributed by atoms with van der Waals surface area (Å²) in [5, 5.41) is 4.07. The van der Waals surface area contributed by atoms with Crippen LogP contribution >= 0.6 is 0 Å². The highest BCUT2D eigenvalue weighted by atomic mass is 16.2. The molecule has 0 saturated carbocycles. The van der Waals surface area contributed by atoms with Crippen LogP contribution in [0.4, 0.5) is 0 Å². The van der Waals surface area contributed by atoms with Gasteiger partial charge in [0.2, 0.25) is 11.6 Å². The Morgan fingerprint density at radius 1 is 0.667 bits per heavy atom. The molecule has 1 aliphatic rings. The summed E-state index contributed by atoms with van der Waals surface area (Å²) < 4.78 is 0. The highest BCUT2D eigenvalue weighted by Crippen LogP contribution is 2.28. The van der Waals surface area contributed by atoms with Gasteiger partial charge in [-0.25, -0.2) is 0 Å². The minimum absolute atomic E-state index is 0.0165. The normalized spacial score (nSPS) is 14.8. The van der Waals surface area contributed by atoms with Crippen LogP contribution in [0.15, 0.2) is 48.5 Å². The Bertz CT molecular complexity index is 967. The number of carbonyl (C=O) groups is 3. The Balaban J connectivity index is 2.05. The SMILES string of the molecule is O=C1Cc2cc3cc4ccccc4cc3cc2C(=O)C1=O. The summed E-state index contributed by atoms with van der Waals surface area (Å²) in [5.41, 5.74) is 1.01. The lowest BCUT2D eigenvalue weighted by Gasteiger charge is -2.14. The van der Waals surface area contributed by atoms with E-state index in [0.717, 1.165) is 21.5 Å². The van der Waals surface area contributed by atoms with Crippen molar-refractivity contribution >= 4 is 38.9 Å². The van der Waals surface area contributed by atoms with Crippen LogP contribution in [0, 0.1) is 0 Å². The Morgan fingerprint density at radius 2 is 1.29 bits per heavy atom. The summed E-state index contributed by atoms with van der Waals surface area (Å²) in [5.74, 6) is -2.20. The molecule has 0 spiro atoms. The summed E-state index contributed by atoms with van der Waals surface area (Å²) in [6.07, 6.45) is 0.0165. The van der Waals surface area contributed by atoms with E-state index >= 15 is 0 Å². The van der Waals surface area contributed by atoms with E-state index in [-0.39, 0.29) is 6.42 Å². The fourth-order valence-electron chi connectivity index (χ4n) is 2.90. The van der Waals surface area contributed by atoms with Crippen molar-refractivity contribution in [2.24, 2.45) is 0 Å². The zero-order chi connectivity index (χ0) is 14.6. The first kappa shape index (κ1) is 12.0. The molecular weight excluding hydrogens is 264 g/mol. The van der Waals surface area contributed by atoms with Gasteiger partial charge in [0.15, 0.2) is 0 Å². The van der Waals surface area contributed by atoms with Crippen molar-refractivity contribution in [3.8, 4) is 0 Å². The molecule has 100 valence electrons. The van der Waals surface area contributed by atoms with Gasteiger partial charge in [-0.05, 0) is 51.4 Å². The maximum Gasteiger partial charge on any atom is 0.269 e. The molecule has 0 amide bonds. The molecule has 0 N–H and O–H groups in total. The number of hydrogen-bond donors (Lipinski definition) is 0. The first-order chi connectivity index (χ1) is 10.1. The molecule has 4 rings (SSSR count). The number of rotatable bonds is 0. The Morgan fingerprint density at radius 3 is 1.95 bits per heavy atom. The van der Waals surface area contributed by atoms with Crippen LogP contribution in [0.1, 0.15) is 15.9 Å². The molecule has 0 atom stereocenters. The van der Waals surface area contributed by atoms with Gasteiger partial charge in [0.1, 0.15) is 0 Å². The van der Waals surface area contributed by atoms with Gasteiger partial charge < -0.3 is 0 Å². The van der Waals surface area contributed by atoms with Crippen molar-refractivity contribution in [3.63, 3.8) is 0 Å². The summed E-state index contributed by atoms with van der Waals surface area (Å²) >= 11 is 0. The smallest absolute Gasteiger partial charge is 0.269 e. The zero-order valence-electron chi connectivity index (χ0n) is 11.1. The first-order valence-corrected chi connectivity index (χ1v) is 6.71. The topological polar surface area (TPSA) is 51.2 Å². The summed E-state index contributed by atoms with van der Waals surface area (Å²) in [6.45, 7) is 0. The molecule has 3 heteroatoms. The fraction of sp³-hybridized carbons (Fsp3) is 0.0556. The molecular formula is C18H10O3. The average molecular weight is 274 g/mol. The lowest BCUT2D eigenvalue weighted by molar-refractivity contribution is -0.133. The van der Waals surface area contributed by atoms with Gasteiger partial charge in [-0.2, -0.15) is 0 Å². The molecule has 3 nitrogen and oxygen atoms in total. The predicted octanol–water partition coefficient (Wildman–Crippen LogP) is 2.87. The molecule has 21 heavy (non-hydrogen) atoms. The maximum atomic E-state index is 12.0. The monoisotopic (exact) mass is 274 g/mol. The molecule has 0 saturated heterocycles. The van der Waals surface area contributed by atoms with Crippen molar-refractivity contribution in [1.29, 1.82) is 0 Å². The standard InChI is InChI=1S/C18H10O3/c19-16-9-14-7-12-5-10-3-1-2-4-11(10)6-13(12)8-15(14)17(20)18(16)21/h1-8H,9H2. The molecule has 0 heterocycles. The molecule has 3 aromatic rings. The zero-order valence-corrected chi connectivity index (χ0v) is 11.1. The van der Waals surface area contributed by atoms with Crippen molar-refractivity contribution in [2.45, 2.75) is 6.42 Å². The number of benzene rings is 3. The van der Waals surface area contributed by atoms with Gasteiger partial charge in [-0.3, -0.25) is 14.4 Å². The molecule has 0 bridgehead atoms. The van der Waals surface area contributed by atoms with E-state index in [1.807, 2.05) is 42.5 Å². The molecule has 0 aliphatic heterocycles. The third kappa shape index (κ3) is 1.71. The minimum atomic E-state index is -0.900. The van der Waals surface area contributed by atoms with E-state index in [2.05, 4.69) is 0 Å². The maximum absolute atomic E-state index is 12.0. The second kappa shape index (κ2) is 4.09. The van der Waals surface area contributed by atoms with E-state index in [0.29, 0.717) is 11.1 Å². The number of Topliss-reactive ketones (excluding diaryl/α,β-unsaturated/α-hetero) is 3. The molecule has 0 radical (unpaired) electrons. The number of ketones is 3. The van der Waals surface area contributed by atoms with Gasteiger partial charge in [-0.15, -0.1) is 0 Å². The van der Waals surface area contributed by atoms with Crippen molar-refractivity contribution < 1.29 is 14.4 Å². The summed E-state index contributed by atoms with van der Waals surface area (Å²) in [7, 11) is 0. The van der Waals surface area contributed by atoms with Gasteiger partial charge in [-0.1, -0.05) is 24.3 Å². The highest BCUT2D eigenvalue weighted by molar-refractivity contribution is 6.68. The third-order valence-corrected chi connectivity index (χ3v) is 3.98. The van der Waals surface area contributed by atoms with Gasteiger partial charge >= 0.3 is 0 Å². The lowest BCUT2D eigenvalue weighted by atomic mass is 9.86. The van der Waals surface area contributed by atoms with Crippen LogP contribution in [-0.2, 0) is 16.0 Å². The largest absolute Gasteiger partial charge is 0.290 e. The van der Waals surface area contributed by atoms with Crippen LogP contribution in [-0.4, -0.2) is 17.3 Å². The van der Waals surface area contributed by atoms with Crippen LogP contribution in [0.25, 0.3) is 21.5 Å². The molecule has 1 aliphatic carbocycles. The van der Waals surface area contributed by atoms with Crippen molar-refractivity contribution in [1.82, 2.24) is 0 Å². The second-order valence-electron chi connectivity index (χ2n) is 5.31. The quantitative estimate of drug-likeness (QED) is 0.468. The van der Waals surface area contributed by atoms with E-state index in [9.17, 15) is 14.4 Å². The Hall–Kier alpha value is -2.81. The van der Waals surface area contributed by atoms with E-state index < -0.39 is 17.3 Å². The van der Waals surface area contributed by atoms with Crippen LogP contribution in [0.5, 0.6) is 0 Å². The van der Waals surface area contributed by atoms with Crippen molar-refractivity contribution in [3.05, 3.63) is 59.7 Å². The molecule has 0 aromatic heterocycles. The number of carbonyl (C=O) groups excluding carboxylic acids is 3. The van der Waals surface area contributed by atoms with E-state index in [1.165, 1.54) is 0 Å². The lowest BCUT2D eigenvalue weighted by Crippen LogP contribution is -2.31. The minimum Gasteiger partial charge on any atom is -0.290 e. The van der Waals surface area contributed by atoms with Crippen molar-refractivity contribution in [2.75, 3.05) is 0 Å². The Labute approximate surface area is 120 Å². The summed E-state index contributed by atoms with van der Waals surface area (Å²) in [4.78, 5) is 35.0. The number of hydrogen-bond acceptors (Lipinski definition) is 3. The van der Waals surface area contributed by atoms with Gasteiger partial charge in [0.05, 0.1) is 0 Å². The molecule has 3 aromatic carbocycles. The predicted molar refractivity (Wildman–Crippen MR) is 79.5 cm³/mol. The molecule has 0 unspecified atom stereocenters. The average Bonchev–Trinajstić information content (AvgIpc) is 2.49. The van der Waals surface area contributed by atoms with Gasteiger partial charge in [0, 0.05) is 12.0 Å². The van der Waals surface area contributed by atoms with E-state index in [1.54, 1.807) is 6.07 Å². The van der Waals surface area contributed by atoms with Crippen LogP contribution in [0.3, 0.4) is 0 Å². The van der Waals surface area contributed by atoms with Crippen LogP contribution in [0.2, 0.25) is 0 Å². The third-order valence-electron chi connectivity index (χ3n) is 3.98. The van der Waals surface area contributed by atoms with Gasteiger partial charge in [0.25, 0.3) is 5.78 Å². The molecule has 0 fully saturated rings. The first-order valence-electron chi connectivity index (χ1n) is 6.71. The fourth-order valence-corrected chi connectivity index (χ4v) is 2.90. The summed E-state index contributed by atoms with van der Waals surface area (Å²) in [6, 6.07) is 15.6. The van der Waals surface area contributed by atoms with E-state index in [4.69, 9.17) is 0 Å². The second-order valence-corrected chi connectivity index (χ2v) is 5.31. The highest BCUT2D eigenvalue weighted by Gasteiger charge is 2.32. The Kier molecular flexibility index (Phi) is 2.33.